The predicted molar refractivity (Wildman–Crippen MR) is 97.3 cm³/mol. The SMILES string of the molecule is COc1ccccc1NC(=O)c1cnc([C@H]2CCN(C(C)=O)C2)nc1C. The third-order valence-corrected chi connectivity index (χ3v) is 4.60. The van der Waals surface area contributed by atoms with E-state index in [0.717, 1.165) is 13.0 Å². The van der Waals surface area contributed by atoms with Crippen LogP contribution in [0.4, 0.5) is 5.69 Å². The van der Waals surface area contributed by atoms with E-state index < -0.39 is 0 Å². The molecular weight excluding hydrogens is 332 g/mol. The Bertz CT molecular complexity index is 837. The van der Waals surface area contributed by atoms with Gasteiger partial charge in [-0.15, -0.1) is 0 Å². The van der Waals surface area contributed by atoms with Gasteiger partial charge in [-0.1, -0.05) is 12.1 Å². The number of rotatable bonds is 4. The molecule has 1 N–H and O–H groups in total. The Morgan fingerprint density at radius 2 is 2.08 bits per heavy atom. The monoisotopic (exact) mass is 354 g/mol. The standard InChI is InChI=1S/C19H22N4O3/c1-12-15(19(25)22-16-6-4-5-7-17(16)26-3)10-20-18(21-12)14-8-9-23(11-14)13(2)24/h4-7,10,14H,8-9,11H2,1-3H3,(H,22,25)/t14-/m0/s1. The Hall–Kier alpha value is -2.96. The Morgan fingerprint density at radius 1 is 1.31 bits per heavy atom. The quantitative estimate of drug-likeness (QED) is 0.911. The van der Waals surface area contributed by atoms with Gasteiger partial charge >= 0.3 is 0 Å². The van der Waals surface area contributed by atoms with E-state index in [1.165, 1.54) is 0 Å². The zero-order chi connectivity index (χ0) is 18.7. The molecule has 1 aromatic carbocycles. The Balaban J connectivity index is 1.75. The first kappa shape index (κ1) is 17.8. The molecule has 0 bridgehead atoms. The van der Waals surface area contributed by atoms with E-state index in [2.05, 4.69) is 15.3 Å². The molecule has 2 heterocycles. The van der Waals surface area contributed by atoms with Gasteiger partial charge in [0.05, 0.1) is 24.1 Å². The average Bonchev–Trinajstić information content (AvgIpc) is 3.12. The molecule has 26 heavy (non-hydrogen) atoms. The van der Waals surface area contributed by atoms with Crippen molar-refractivity contribution in [2.24, 2.45) is 0 Å². The first-order valence-corrected chi connectivity index (χ1v) is 8.53. The van der Waals surface area contributed by atoms with Crippen LogP contribution in [0.25, 0.3) is 0 Å². The number of aromatic nitrogens is 2. The smallest absolute Gasteiger partial charge is 0.259 e. The number of nitrogens with one attached hydrogen (secondary N) is 1. The zero-order valence-electron chi connectivity index (χ0n) is 15.2. The summed E-state index contributed by atoms with van der Waals surface area (Å²) in [5.74, 6) is 1.17. The van der Waals surface area contributed by atoms with Gasteiger partial charge in [-0.25, -0.2) is 9.97 Å². The summed E-state index contributed by atoms with van der Waals surface area (Å²) in [6.07, 6.45) is 2.39. The molecule has 0 unspecified atom stereocenters. The van der Waals surface area contributed by atoms with E-state index in [0.29, 0.717) is 35.1 Å². The fourth-order valence-electron chi connectivity index (χ4n) is 3.10. The van der Waals surface area contributed by atoms with Crippen LogP contribution in [0.15, 0.2) is 30.5 Å². The van der Waals surface area contributed by atoms with Crippen LogP contribution in [0.5, 0.6) is 5.75 Å². The molecule has 1 aliphatic heterocycles. The minimum atomic E-state index is -0.282. The second kappa shape index (κ2) is 7.51. The maximum atomic E-state index is 12.6. The molecule has 0 spiro atoms. The van der Waals surface area contributed by atoms with Crippen LogP contribution in [-0.4, -0.2) is 46.9 Å². The number of nitrogens with zero attached hydrogens (tertiary/aromatic N) is 3. The highest BCUT2D eigenvalue weighted by molar-refractivity contribution is 6.05. The number of aryl methyl sites for hydroxylation is 1. The van der Waals surface area contributed by atoms with Crippen LogP contribution >= 0.6 is 0 Å². The summed E-state index contributed by atoms with van der Waals surface area (Å²) in [6.45, 7) is 4.71. The van der Waals surface area contributed by atoms with E-state index in [4.69, 9.17) is 4.74 Å². The van der Waals surface area contributed by atoms with Gasteiger partial charge in [0.15, 0.2) is 0 Å². The molecule has 1 aliphatic rings. The number of amides is 2. The van der Waals surface area contributed by atoms with E-state index >= 15 is 0 Å². The molecule has 0 radical (unpaired) electrons. The van der Waals surface area contributed by atoms with Crippen molar-refractivity contribution in [3.63, 3.8) is 0 Å². The number of benzene rings is 1. The van der Waals surface area contributed by atoms with Gasteiger partial charge < -0.3 is 15.0 Å². The highest BCUT2D eigenvalue weighted by Crippen LogP contribution is 2.26. The lowest BCUT2D eigenvalue weighted by Crippen LogP contribution is -2.25. The van der Waals surface area contributed by atoms with Crippen molar-refractivity contribution in [1.82, 2.24) is 14.9 Å². The molecule has 3 rings (SSSR count). The van der Waals surface area contributed by atoms with Crippen LogP contribution in [0.2, 0.25) is 0 Å². The highest BCUT2D eigenvalue weighted by atomic mass is 16.5. The van der Waals surface area contributed by atoms with Gasteiger partial charge in [-0.2, -0.15) is 0 Å². The molecular formula is C19H22N4O3. The van der Waals surface area contributed by atoms with E-state index in [-0.39, 0.29) is 17.7 Å². The zero-order valence-corrected chi connectivity index (χ0v) is 15.2. The van der Waals surface area contributed by atoms with Gasteiger partial charge in [0, 0.05) is 32.1 Å². The number of ether oxygens (including phenoxy) is 1. The molecule has 1 fully saturated rings. The summed E-state index contributed by atoms with van der Waals surface area (Å²) < 4.78 is 5.25. The lowest BCUT2D eigenvalue weighted by Gasteiger charge is -2.14. The van der Waals surface area contributed by atoms with Gasteiger partial charge in [-0.3, -0.25) is 9.59 Å². The molecule has 136 valence electrons. The highest BCUT2D eigenvalue weighted by Gasteiger charge is 2.28. The van der Waals surface area contributed by atoms with E-state index in [1.807, 2.05) is 12.1 Å². The van der Waals surface area contributed by atoms with E-state index in [1.54, 1.807) is 44.2 Å². The molecule has 7 nitrogen and oxygen atoms in total. The summed E-state index contributed by atoms with van der Waals surface area (Å²) in [7, 11) is 1.56. The van der Waals surface area contributed by atoms with E-state index in [9.17, 15) is 9.59 Å². The third kappa shape index (κ3) is 3.66. The van der Waals surface area contributed by atoms with Crippen LogP contribution in [0, 0.1) is 6.92 Å². The molecule has 1 aromatic heterocycles. The van der Waals surface area contributed by atoms with Crippen LogP contribution in [0.3, 0.4) is 0 Å². The normalized spacial score (nSPS) is 16.4. The minimum Gasteiger partial charge on any atom is -0.495 e. The van der Waals surface area contributed by atoms with Crippen LogP contribution in [-0.2, 0) is 4.79 Å². The summed E-state index contributed by atoms with van der Waals surface area (Å²) in [5, 5.41) is 2.83. The van der Waals surface area contributed by atoms with Gasteiger partial charge in [0.2, 0.25) is 5.91 Å². The van der Waals surface area contributed by atoms with Crippen molar-refractivity contribution in [1.29, 1.82) is 0 Å². The second-order valence-corrected chi connectivity index (χ2v) is 6.33. The summed E-state index contributed by atoms with van der Waals surface area (Å²) in [5.41, 5.74) is 1.63. The third-order valence-electron chi connectivity index (χ3n) is 4.60. The first-order chi connectivity index (χ1) is 12.5. The van der Waals surface area contributed by atoms with Crippen molar-refractivity contribution in [2.75, 3.05) is 25.5 Å². The second-order valence-electron chi connectivity index (χ2n) is 6.33. The summed E-state index contributed by atoms with van der Waals surface area (Å²) in [6, 6.07) is 7.22. The van der Waals surface area contributed by atoms with Crippen molar-refractivity contribution >= 4 is 17.5 Å². The van der Waals surface area contributed by atoms with Crippen molar-refractivity contribution < 1.29 is 14.3 Å². The molecule has 7 heteroatoms. The van der Waals surface area contributed by atoms with Crippen molar-refractivity contribution in [3.8, 4) is 5.75 Å². The molecule has 1 atom stereocenters. The number of carbonyl (C=O) groups excluding carboxylic acids is 2. The lowest BCUT2D eigenvalue weighted by molar-refractivity contribution is -0.127. The Kier molecular flexibility index (Phi) is 5.16. The number of hydrogen-bond donors (Lipinski definition) is 1. The molecule has 2 amide bonds. The Morgan fingerprint density at radius 3 is 2.73 bits per heavy atom. The topological polar surface area (TPSA) is 84.4 Å². The van der Waals surface area contributed by atoms with Gasteiger partial charge in [0.1, 0.15) is 11.6 Å². The van der Waals surface area contributed by atoms with Crippen molar-refractivity contribution in [2.45, 2.75) is 26.2 Å². The maximum Gasteiger partial charge on any atom is 0.259 e. The van der Waals surface area contributed by atoms with Gasteiger partial charge in [0.25, 0.3) is 5.91 Å². The number of carbonyl (C=O) groups is 2. The maximum absolute atomic E-state index is 12.6. The Labute approximate surface area is 152 Å². The molecule has 2 aromatic rings. The summed E-state index contributed by atoms with van der Waals surface area (Å²) >= 11 is 0. The van der Waals surface area contributed by atoms with Crippen LogP contribution < -0.4 is 10.1 Å². The minimum absolute atomic E-state index is 0.0667. The number of anilines is 1. The fraction of sp³-hybridized carbons (Fsp3) is 0.368. The van der Waals surface area contributed by atoms with Crippen LogP contribution in [0.1, 0.15) is 41.1 Å². The molecule has 0 saturated carbocycles. The molecule has 0 aliphatic carbocycles. The fourth-order valence-corrected chi connectivity index (χ4v) is 3.10. The average molecular weight is 354 g/mol. The predicted octanol–water partition coefficient (Wildman–Crippen LogP) is 2.38. The molecule has 1 saturated heterocycles. The lowest BCUT2D eigenvalue weighted by atomic mass is 10.1. The summed E-state index contributed by atoms with van der Waals surface area (Å²) in [4.78, 5) is 34.7. The van der Waals surface area contributed by atoms with Crippen molar-refractivity contribution in [3.05, 3.63) is 47.5 Å². The number of likely N-dealkylation sites (tertiary alicyclic amines) is 1. The number of hydrogen-bond acceptors (Lipinski definition) is 5. The largest absolute Gasteiger partial charge is 0.495 e. The first-order valence-electron chi connectivity index (χ1n) is 8.53. The number of methoxy groups -OCH3 is 1. The van der Waals surface area contributed by atoms with Gasteiger partial charge in [-0.05, 0) is 25.5 Å². The number of para-hydroxylation sites is 2.